The van der Waals surface area contributed by atoms with E-state index in [-0.39, 0.29) is 5.97 Å². The molecule has 0 aliphatic rings. The van der Waals surface area contributed by atoms with Gasteiger partial charge in [-0.2, -0.15) is 0 Å². The molecule has 0 aliphatic heterocycles. The van der Waals surface area contributed by atoms with E-state index < -0.39 is 7.14 Å². The molecule has 0 spiro atoms. The average Bonchev–Trinajstić information content (AvgIpc) is 2.36. The van der Waals surface area contributed by atoms with Gasteiger partial charge in [-0.3, -0.25) is 0 Å². The normalized spacial score (nSPS) is 11.3. The van der Waals surface area contributed by atoms with Gasteiger partial charge in [-0.1, -0.05) is 33.3 Å². The third kappa shape index (κ3) is 7.71. The summed E-state index contributed by atoms with van der Waals surface area (Å²) in [7, 11) is -1.86. The number of esters is 1. The number of rotatable bonds is 10. The summed E-state index contributed by atoms with van der Waals surface area (Å²) in [6.45, 7) is 9.67. The van der Waals surface area contributed by atoms with Crippen molar-refractivity contribution in [1.29, 1.82) is 0 Å². The number of hydrogen-bond donors (Lipinski definition) is 0. The topological polar surface area (TPSA) is 43.4 Å². The van der Waals surface area contributed by atoms with Gasteiger partial charge in [-0.05, 0) is 32.1 Å². The van der Waals surface area contributed by atoms with Crippen LogP contribution in [0.4, 0.5) is 0 Å². The van der Waals surface area contributed by atoms with Crippen LogP contribution in [0.5, 0.6) is 0 Å². The second-order valence-electron chi connectivity index (χ2n) is 4.74. The van der Waals surface area contributed by atoms with Gasteiger partial charge in [0.2, 0.25) is 0 Å². The molecule has 18 heavy (non-hydrogen) atoms. The molecule has 0 aromatic rings. The van der Waals surface area contributed by atoms with Crippen LogP contribution in [-0.2, 0) is 14.1 Å². The molecule has 0 aromatic carbocycles. The highest BCUT2D eigenvalue weighted by atomic mass is 31.2. The molecule has 0 heterocycles. The van der Waals surface area contributed by atoms with Crippen LogP contribution in [0, 0.1) is 0 Å². The van der Waals surface area contributed by atoms with Crippen molar-refractivity contribution in [3.63, 3.8) is 0 Å². The van der Waals surface area contributed by atoms with Crippen LogP contribution in [0.3, 0.4) is 0 Å². The molecule has 3 nitrogen and oxygen atoms in total. The first-order chi connectivity index (χ1) is 8.45. The van der Waals surface area contributed by atoms with Crippen molar-refractivity contribution in [2.45, 2.75) is 46.5 Å². The Morgan fingerprint density at radius 2 is 1.67 bits per heavy atom. The van der Waals surface area contributed by atoms with Crippen molar-refractivity contribution in [3.05, 3.63) is 12.2 Å². The van der Waals surface area contributed by atoms with Crippen LogP contribution < -0.4 is 0 Å². The molecule has 0 rings (SSSR count). The highest BCUT2D eigenvalue weighted by Crippen LogP contribution is 2.45. The minimum atomic E-state index is -1.86. The predicted molar refractivity (Wildman–Crippen MR) is 77.8 cm³/mol. The minimum Gasteiger partial charge on any atom is -0.462 e. The summed E-state index contributed by atoms with van der Waals surface area (Å²) in [6, 6.07) is 0. The molecule has 0 bridgehead atoms. The zero-order valence-electron chi connectivity index (χ0n) is 12.0. The maximum absolute atomic E-state index is 12.1. The molecule has 0 aliphatic carbocycles. The van der Waals surface area contributed by atoms with E-state index in [1.165, 1.54) is 0 Å². The van der Waals surface area contributed by atoms with Gasteiger partial charge in [-0.15, -0.1) is 0 Å². The highest BCUT2D eigenvalue weighted by Gasteiger charge is 2.15. The molecule has 0 aromatic heterocycles. The van der Waals surface area contributed by atoms with E-state index in [1.54, 1.807) is 6.92 Å². The van der Waals surface area contributed by atoms with E-state index in [1.807, 2.05) is 13.8 Å². The van der Waals surface area contributed by atoms with Gasteiger partial charge in [0.15, 0.2) is 0 Å². The standard InChI is InChI=1S/C14H27O3P/c1-5-18(16,6-2)12-10-8-7-9-11-17-14(15)13(3)4/h3,5-12H2,1-2,4H3. The van der Waals surface area contributed by atoms with Crippen molar-refractivity contribution < 1.29 is 14.1 Å². The fourth-order valence-corrected chi connectivity index (χ4v) is 3.56. The van der Waals surface area contributed by atoms with Crippen LogP contribution in [0.1, 0.15) is 46.5 Å². The lowest BCUT2D eigenvalue weighted by molar-refractivity contribution is -0.139. The van der Waals surface area contributed by atoms with Crippen molar-refractivity contribution in [2.24, 2.45) is 0 Å². The molecule has 0 N–H and O–H groups in total. The fourth-order valence-electron chi connectivity index (χ4n) is 1.68. The Kier molecular flexibility index (Phi) is 9.09. The molecule has 0 amide bonds. The number of carbonyl (C=O) groups excluding carboxylic acids is 1. The third-order valence-electron chi connectivity index (χ3n) is 3.19. The zero-order valence-corrected chi connectivity index (χ0v) is 12.9. The van der Waals surface area contributed by atoms with Gasteiger partial charge in [-0.25, -0.2) is 4.79 Å². The Bertz CT molecular complexity index is 302. The first-order valence-corrected chi connectivity index (χ1v) is 9.11. The lowest BCUT2D eigenvalue weighted by Gasteiger charge is -2.13. The zero-order chi connectivity index (χ0) is 14.0. The lowest BCUT2D eigenvalue weighted by Crippen LogP contribution is -2.06. The van der Waals surface area contributed by atoms with Crippen molar-refractivity contribution in [3.8, 4) is 0 Å². The smallest absolute Gasteiger partial charge is 0.333 e. The van der Waals surface area contributed by atoms with Gasteiger partial charge in [0.25, 0.3) is 0 Å². The molecule has 0 saturated heterocycles. The van der Waals surface area contributed by atoms with Crippen molar-refractivity contribution >= 4 is 13.1 Å². The number of carbonyl (C=O) groups is 1. The molecular weight excluding hydrogens is 247 g/mol. The van der Waals surface area contributed by atoms with Crippen LogP contribution in [-0.4, -0.2) is 31.1 Å². The summed E-state index contributed by atoms with van der Waals surface area (Å²) >= 11 is 0. The SMILES string of the molecule is C=C(C)C(=O)OCCCCCCP(=O)(CC)CC. The maximum atomic E-state index is 12.1. The molecule has 0 unspecified atom stereocenters. The van der Waals surface area contributed by atoms with Crippen molar-refractivity contribution in [1.82, 2.24) is 0 Å². The minimum absolute atomic E-state index is 0.309. The Morgan fingerprint density at radius 1 is 1.11 bits per heavy atom. The summed E-state index contributed by atoms with van der Waals surface area (Å²) < 4.78 is 17.1. The second kappa shape index (κ2) is 9.38. The van der Waals surface area contributed by atoms with Crippen LogP contribution in [0.15, 0.2) is 12.2 Å². The third-order valence-corrected chi connectivity index (χ3v) is 6.63. The van der Waals surface area contributed by atoms with Crippen LogP contribution in [0.25, 0.3) is 0 Å². The first-order valence-electron chi connectivity index (χ1n) is 6.85. The van der Waals surface area contributed by atoms with E-state index in [0.717, 1.165) is 44.2 Å². The summed E-state index contributed by atoms with van der Waals surface area (Å²) in [6.07, 6.45) is 6.49. The van der Waals surface area contributed by atoms with Crippen LogP contribution >= 0.6 is 7.14 Å². The van der Waals surface area contributed by atoms with E-state index in [2.05, 4.69) is 6.58 Å². The van der Waals surface area contributed by atoms with Gasteiger partial charge in [0.1, 0.15) is 0 Å². The van der Waals surface area contributed by atoms with E-state index in [0.29, 0.717) is 12.2 Å². The molecular formula is C14H27O3P. The predicted octanol–water partition coefficient (Wildman–Crippen LogP) is 4.07. The van der Waals surface area contributed by atoms with Crippen molar-refractivity contribution in [2.75, 3.05) is 25.1 Å². The first kappa shape index (κ1) is 17.4. The second-order valence-corrected chi connectivity index (χ2v) is 8.57. The quantitative estimate of drug-likeness (QED) is 0.261. The highest BCUT2D eigenvalue weighted by molar-refractivity contribution is 7.63. The Labute approximate surface area is 111 Å². The Hall–Kier alpha value is -0.560. The summed E-state index contributed by atoms with van der Waals surface area (Å²) in [5, 5.41) is 0. The molecule has 106 valence electrons. The molecule has 0 fully saturated rings. The van der Waals surface area contributed by atoms with E-state index in [4.69, 9.17) is 4.74 Å². The largest absolute Gasteiger partial charge is 0.462 e. The van der Waals surface area contributed by atoms with E-state index >= 15 is 0 Å². The summed E-state index contributed by atoms with van der Waals surface area (Å²) in [5.41, 5.74) is 0.446. The summed E-state index contributed by atoms with van der Waals surface area (Å²) in [4.78, 5) is 11.1. The van der Waals surface area contributed by atoms with Crippen LogP contribution in [0.2, 0.25) is 0 Å². The monoisotopic (exact) mass is 274 g/mol. The average molecular weight is 274 g/mol. The number of ether oxygens (including phenoxy) is 1. The molecule has 0 atom stereocenters. The Balaban J connectivity index is 3.50. The Morgan fingerprint density at radius 3 is 2.17 bits per heavy atom. The number of unbranched alkanes of at least 4 members (excludes halogenated alkanes) is 3. The van der Waals surface area contributed by atoms with Gasteiger partial charge < -0.3 is 9.30 Å². The molecule has 0 radical (unpaired) electrons. The van der Waals surface area contributed by atoms with E-state index in [9.17, 15) is 9.36 Å². The summed E-state index contributed by atoms with van der Waals surface area (Å²) in [5.74, 6) is -0.309. The van der Waals surface area contributed by atoms with Gasteiger partial charge in [0, 0.05) is 11.7 Å². The molecule has 0 saturated carbocycles. The fraction of sp³-hybridized carbons (Fsp3) is 0.786. The van der Waals surface area contributed by atoms with Gasteiger partial charge in [0.05, 0.1) is 13.7 Å². The van der Waals surface area contributed by atoms with Gasteiger partial charge >= 0.3 is 5.97 Å². The number of hydrogen-bond acceptors (Lipinski definition) is 3. The lowest BCUT2D eigenvalue weighted by atomic mass is 10.2. The molecule has 4 heteroatoms. The maximum Gasteiger partial charge on any atom is 0.333 e.